The van der Waals surface area contributed by atoms with Gasteiger partial charge >= 0.3 is 0 Å². The molecule has 1 aliphatic heterocycles. The molecular formula is C14H15NO3. The van der Waals surface area contributed by atoms with Gasteiger partial charge in [0.1, 0.15) is 11.4 Å². The Balaban J connectivity index is 2.43. The molecule has 1 aromatic rings. The van der Waals surface area contributed by atoms with Crippen molar-refractivity contribution in [3.8, 4) is 5.75 Å². The topological polar surface area (TPSA) is 55.4 Å². The summed E-state index contributed by atoms with van der Waals surface area (Å²) in [7, 11) is 0. The maximum absolute atomic E-state index is 11.6. The molecule has 1 heterocycles. The fraction of sp³-hybridized carbons (Fsp3) is 0.286. The van der Waals surface area contributed by atoms with Crippen LogP contribution < -0.4 is 10.1 Å². The Morgan fingerprint density at radius 3 is 2.33 bits per heavy atom. The van der Waals surface area contributed by atoms with Crippen molar-refractivity contribution in [2.75, 3.05) is 0 Å². The Morgan fingerprint density at radius 2 is 1.78 bits per heavy atom. The zero-order valence-electron chi connectivity index (χ0n) is 10.6. The number of hydrogen-bond donors (Lipinski definition) is 1. The maximum atomic E-state index is 11.6. The first-order chi connectivity index (χ1) is 8.37. The summed E-state index contributed by atoms with van der Waals surface area (Å²) in [6, 6.07) is 7.20. The zero-order valence-corrected chi connectivity index (χ0v) is 10.6. The number of carbonyl (C=O) groups is 2. The van der Waals surface area contributed by atoms with E-state index in [1.807, 2.05) is 32.9 Å². The SMILES string of the molecule is CC(C)(C)Oc1ccccc1C1=CC(=O)NC1=O. The molecule has 0 unspecified atom stereocenters. The van der Waals surface area contributed by atoms with Crippen molar-refractivity contribution in [2.45, 2.75) is 26.4 Å². The van der Waals surface area contributed by atoms with Crippen LogP contribution in [0.3, 0.4) is 0 Å². The van der Waals surface area contributed by atoms with E-state index in [9.17, 15) is 9.59 Å². The minimum Gasteiger partial charge on any atom is -0.488 e. The molecule has 0 aromatic heterocycles. The molecule has 4 nitrogen and oxygen atoms in total. The van der Waals surface area contributed by atoms with Gasteiger partial charge in [0.15, 0.2) is 0 Å². The van der Waals surface area contributed by atoms with Crippen LogP contribution in [-0.4, -0.2) is 17.4 Å². The molecule has 0 spiro atoms. The van der Waals surface area contributed by atoms with Crippen LogP contribution in [0.25, 0.3) is 5.57 Å². The summed E-state index contributed by atoms with van der Waals surface area (Å²) in [5.41, 5.74) is 0.617. The summed E-state index contributed by atoms with van der Waals surface area (Å²) < 4.78 is 5.80. The second-order valence-corrected chi connectivity index (χ2v) is 5.09. The molecule has 2 rings (SSSR count). The summed E-state index contributed by atoms with van der Waals surface area (Å²) >= 11 is 0. The van der Waals surface area contributed by atoms with Crippen LogP contribution in [0.2, 0.25) is 0 Å². The van der Waals surface area contributed by atoms with Crippen LogP contribution in [0.1, 0.15) is 26.3 Å². The highest BCUT2D eigenvalue weighted by Gasteiger charge is 2.25. The maximum Gasteiger partial charge on any atom is 0.259 e. The molecule has 0 fully saturated rings. The van der Waals surface area contributed by atoms with Gasteiger partial charge in [0.05, 0.1) is 5.57 Å². The number of ether oxygens (including phenoxy) is 1. The first-order valence-electron chi connectivity index (χ1n) is 5.72. The third-order valence-corrected chi connectivity index (χ3v) is 2.35. The standard InChI is InChI=1S/C14H15NO3/c1-14(2,3)18-11-7-5-4-6-9(11)10-8-12(16)15-13(10)17/h4-8H,1-3H3,(H,15,16,17). The second-order valence-electron chi connectivity index (χ2n) is 5.09. The van der Waals surface area contributed by atoms with E-state index < -0.39 is 0 Å². The third kappa shape index (κ3) is 2.59. The lowest BCUT2D eigenvalue weighted by Gasteiger charge is -2.23. The molecule has 2 amide bonds. The second kappa shape index (κ2) is 4.29. The number of rotatable bonds is 2. The van der Waals surface area contributed by atoms with Crippen LogP contribution in [0.4, 0.5) is 0 Å². The van der Waals surface area contributed by atoms with Crippen molar-refractivity contribution in [1.82, 2.24) is 5.32 Å². The van der Waals surface area contributed by atoms with Gasteiger partial charge in [0.2, 0.25) is 0 Å². The Labute approximate surface area is 106 Å². The zero-order chi connectivity index (χ0) is 13.3. The molecule has 1 aromatic carbocycles. The van der Waals surface area contributed by atoms with Gasteiger partial charge in [-0.3, -0.25) is 14.9 Å². The molecule has 0 atom stereocenters. The highest BCUT2D eigenvalue weighted by molar-refractivity contribution is 6.33. The Hall–Kier alpha value is -2.10. The van der Waals surface area contributed by atoms with Crippen molar-refractivity contribution in [1.29, 1.82) is 0 Å². The molecule has 1 aliphatic rings. The summed E-state index contributed by atoms with van der Waals surface area (Å²) in [4.78, 5) is 22.8. The monoisotopic (exact) mass is 245 g/mol. The highest BCUT2D eigenvalue weighted by Crippen LogP contribution is 2.30. The number of imide groups is 1. The van der Waals surface area contributed by atoms with Gasteiger partial charge in [-0.2, -0.15) is 0 Å². The van der Waals surface area contributed by atoms with Gasteiger partial charge in [0, 0.05) is 11.6 Å². The third-order valence-electron chi connectivity index (χ3n) is 2.35. The molecule has 0 radical (unpaired) electrons. The largest absolute Gasteiger partial charge is 0.488 e. The lowest BCUT2D eigenvalue weighted by molar-refractivity contribution is -0.123. The summed E-state index contributed by atoms with van der Waals surface area (Å²) in [6.07, 6.45) is 1.30. The van der Waals surface area contributed by atoms with Crippen LogP contribution in [0, 0.1) is 0 Å². The fourth-order valence-electron chi connectivity index (χ4n) is 1.72. The molecular weight excluding hydrogens is 230 g/mol. The predicted octanol–water partition coefficient (Wildman–Crippen LogP) is 1.90. The first kappa shape index (κ1) is 12.4. The van der Waals surface area contributed by atoms with Gasteiger partial charge in [-0.05, 0) is 26.8 Å². The molecule has 0 aliphatic carbocycles. The average Bonchev–Trinajstić information content (AvgIpc) is 2.56. The van der Waals surface area contributed by atoms with Crippen LogP contribution >= 0.6 is 0 Å². The van der Waals surface area contributed by atoms with Gasteiger partial charge in [-0.25, -0.2) is 0 Å². The van der Waals surface area contributed by atoms with Crippen molar-refractivity contribution in [2.24, 2.45) is 0 Å². The normalized spacial score (nSPS) is 15.4. The highest BCUT2D eigenvalue weighted by atomic mass is 16.5. The average molecular weight is 245 g/mol. The van der Waals surface area contributed by atoms with Crippen molar-refractivity contribution in [3.63, 3.8) is 0 Å². The Bertz CT molecular complexity index is 538. The van der Waals surface area contributed by atoms with E-state index in [-0.39, 0.29) is 17.4 Å². The van der Waals surface area contributed by atoms with Crippen LogP contribution in [0.15, 0.2) is 30.3 Å². The lowest BCUT2D eigenvalue weighted by Crippen LogP contribution is -2.24. The minimum atomic E-state index is -0.388. The van der Waals surface area contributed by atoms with Crippen LogP contribution in [-0.2, 0) is 9.59 Å². The minimum absolute atomic E-state index is 0.347. The molecule has 0 bridgehead atoms. The number of hydrogen-bond acceptors (Lipinski definition) is 3. The van der Waals surface area contributed by atoms with Gasteiger partial charge < -0.3 is 4.74 Å². The summed E-state index contributed by atoms with van der Waals surface area (Å²) in [6.45, 7) is 5.79. The lowest BCUT2D eigenvalue weighted by atomic mass is 10.0. The van der Waals surface area contributed by atoms with Gasteiger partial charge in [-0.1, -0.05) is 18.2 Å². The smallest absolute Gasteiger partial charge is 0.259 e. The fourth-order valence-corrected chi connectivity index (χ4v) is 1.72. The summed E-state index contributed by atoms with van der Waals surface area (Å²) in [5, 5.41) is 2.23. The first-order valence-corrected chi connectivity index (χ1v) is 5.72. The summed E-state index contributed by atoms with van der Waals surface area (Å²) in [5.74, 6) is -0.174. The van der Waals surface area contributed by atoms with E-state index in [0.717, 1.165) is 0 Å². The molecule has 4 heteroatoms. The number of carbonyl (C=O) groups excluding carboxylic acids is 2. The molecule has 94 valence electrons. The van der Waals surface area contributed by atoms with Gasteiger partial charge in [-0.15, -0.1) is 0 Å². The molecule has 0 saturated carbocycles. The predicted molar refractivity (Wildman–Crippen MR) is 67.9 cm³/mol. The number of amides is 2. The number of nitrogens with one attached hydrogen (secondary N) is 1. The van der Waals surface area contributed by atoms with E-state index in [1.54, 1.807) is 12.1 Å². The van der Waals surface area contributed by atoms with Crippen molar-refractivity contribution in [3.05, 3.63) is 35.9 Å². The van der Waals surface area contributed by atoms with Crippen LogP contribution in [0.5, 0.6) is 5.75 Å². The van der Waals surface area contributed by atoms with E-state index in [2.05, 4.69) is 5.32 Å². The van der Waals surface area contributed by atoms with E-state index >= 15 is 0 Å². The molecule has 18 heavy (non-hydrogen) atoms. The number of benzene rings is 1. The van der Waals surface area contributed by atoms with Crippen molar-refractivity contribution >= 4 is 17.4 Å². The number of para-hydroxylation sites is 1. The van der Waals surface area contributed by atoms with E-state index in [0.29, 0.717) is 16.9 Å². The van der Waals surface area contributed by atoms with Crippen molar-refractivity contribution < 1.29 is 14.3 Å². The van der Waals surface area contributed by atoms with Gasteiger partial charge in [0.25, 0.3) is 11.8 Å². The molecule has 0 saturated heterocycles. The quantitative estimate of drug-likeness (QED) is 0.810. The van der Waals surface area contributed by atoms with E-state index in [1.165, 1.54) is 6.08 Å². The Morgan fingerprint density at radius 1 is 1.11 bits per heavy atom. The molecule has 1 N–H and O–H groups in total. The van der Waals surface area contributed by atoms with E-state index in [4.69, 9.17) is 4.74 Å². The Kier molecular flexibility index (Phi) is 2.95.